The van der Waals surface area contributed by atoms with Crippen molar-refractivity contribution in [2.75, 3.05) is 5.73 Å². The number of nitrogens with two attached hydrogens (primary N) is 1. The second kappa shape index (κ2) is 7.91. The summed E-state index contributed by atoms with van der Waals surface area (Å²) in [5.74, 6) is 1.12. The number of nitrogens with one attached hydrogen (secondary N) is 2. The molecule has 3 aromatic rings. The van der Waals surface area contributed by atoms with E-state index in [-0.39, 0.29) is 11.5 Å². The number of benzene rings is 2. The Balaban J connectivity index is 1.85. The number of hydrogen-bond acceptors (Lipinski definition) is 4. The number of anilines is 1. The lowest BCUT2D eigenvalue weighted by molar-refractivity contribution is 0.628. The third-order valence-corrected chi connectivity index (χ3v) is 4.26. The number of aromatic amines is 1. The van der Waals surface area contributed by atoms with Crippen LogP contribution in [-0.4, -0.2) is 20.9 Å². The summed E-state index contributed by atoms with van der Waals surface area (Å²) in [4.78, 5) is 4.54. The van der Waals surface area contributed by atoms with Crippen LogP contribution in [0.25, 0.3) is 11.4 Å². The standard InChI is InChI=1S/C20H22FN5/c1-2-3-4-5-18-24-20(26-25-18)14-8-11-17(22)16(12-14)19(23)13-6-9-15(21)10-7-13/h6-12,23H,2-5,22H2,1H3,(H,24,25,26). The zero-order valence-corrected chi connectivity index (χ0v) is 14.7. The molecule has 1 aromatic heterocycles. The first-order valence-electron chi connectivity index (χ1n) is 8.74. The molecular weight excluding hydrogens is 329 g/mol. The van der Waals surface area contributed by atoms with E-state index in [0.29, 0.717) is 22.6 Å². The molecule has 0 fully saturated rings. The van der Waals surface area contributed by atoms with Gasteiger partial charge < -0.3 is 5.73 Å². The maximum atomic E-state index is 13.1. The van der Waals surface area contributed by atoms with Crippen LogP contribution in [0.15, 0.2) is 42.5 Å². The molecule has 4 N–H and O–H groups in total. The van der Waals surface area contributed by atoms with E-state index in [1.165, 1.54) is 12.1 Å². The summed E-state index contributed by atoms with van der Waals surface area (Å²) in [6, 6.07) is 11.2. The third-order valence-electron chi connectivity index (χ3n) is 4.26. The highest BCUT2D eigenvalue weighted by Gasteiger charge is 2.13. The highest BCUT2D eigenvalue weighted by Crippen LogP contribution is 2.24. The second-order valence-corrected chi connectivity index (χ2v) is 6.25. The van der Waals surface area contributed by atoms with E-state index >= 15 is 0 Å². The number of rotatable bonds is 7. The minimum atomic E-state index is -0.334. The number of nitrogen functional groups attached to an aromatic ring is 1. The van der Waals surface area contributed by atoms with Gasteiger partial charge in [-0.2, -0.15) is 5.10 Å². The number of halogens is 1. The van der Waals surface area contributed by atoms with Gasteiger partial charge in [-0.15, -0.1) is 0 Å². The average molecular weight is 351 g/mol. The van der Waals surface area contributed by atoms with E-state index in [1.807, 2.05) is 6.07 Å². The molecule has 134 valence electrons. The van der Waals surface area contributed by atoms with Crippen molar-refractivity contribution in [1.82, 2.24) is 15.2 Å². The summed E-state index contributed by atoms with van der Waals surface area (Å²) in [6.07, 6.45) is 4.27. The molecule has 0 saturated carbocycles. The van der Waals surface area contributed by atoms with Gasteiger partial charge in [-0.1, -0.05) is 19.8 Å². The summed E-state index contributed by atoms with van der Waals surface area (Å²) in [5.41, 5.74) is 8.75. The molecule has 0 spiro atoms. The van der Waals surface area contributed by atoms with Gasteiger partial charge in [0.05, 0.1) is 5.71 Å². The van der Waals surface area contributed by atoms with Crippen LogP contribution >= 0.6 is 0 Å². The Bertz CT molecular complexity index is 899. The molecule has 2 aromatic carbocycles. The van der Waals surface area contributed by atoms with Gasteiger partial charge in [0.1, 0.15) is 11.6 Å². The van der Waals surface area contributed by atoms with Gasteiger partial charge in [0.15, 0.2) is 5.82 Å². The first kappa shape index (κ1) is 17.8. The van der Waals surface area contributed by atoms with E-state index in [0.717, 1.165) is 37.1 Å². The lowest BCUT2D eigenvalue weighted by atomic mass is 9.98. The normalized spacial score (nSPS) is 10.8. The van der Waals surface area contributed by atoms with Gasteiger partial charge in [0.2, 0.25) is 0 Å². The van der Waals surface area contributed by atoms with E-state index in [1.54, 1.807) is 24.3 Å². The van der Waals surface area contributed by atoms with Crippen molar-refractivity contribution in [3.05, 3.63) is 65.2 Å². The summed E-state index contributed by atoms with van der Waals surface area (Å²) < 4.78 is 13.1. The molecule has 0 aliphatic carbocycles. The lowest BCUT2D eigenvalue weighted by Gasteiger charge is -2.09. The number of H-pyrrole nitrogens is 1. The highest BCUT2D eigenvalue weighted by atomic mass is 19.1. The number of aryl methyl sites for hydroxylation is 1. The molecular formula is C20H22FN5. The monoisotopic (exact) mass is 351 g/mol. The minimum absolute atomic E-state index is 0.239. The van der Waals surface area contributed by atoms with Crippen LogP contribution in [0.4, 0.5) is 10.1 Å². The van der Waals surface area contributed by atoms with Gasteiger partial charge >= 0.3 is 0 Å². The molecule has 0 aliphatic rings. The van der Waals surface area contributed by atoms with E-state index in [4.69, 9.17) is 11.1 Å². The fraction of sp³-hybridized carbons (Fsp3) is 0.250. The Kier molecular flexibility index (Phi) is 5.41. The number of nitrogens with zero attached hydrogens (tertiary/aromatic N) is 2. The molecule has 0 saturated heterocycles. The zero-order chi connectivity index (χ0) is 18.5. The molecule has 3 rings (SSSR count). The van der Waals surface area contributed by atoms with Crippen molar-refractivity contribution in [2.24, 2.45) is 0 Å². The Hall–Kier alpha value is -3.02. The molecule has 5 nitrogen and oxygen atoms in total. The van der Waals surface area contributed by atoms with E-state index < -0.39 is 0 Å². The number of hydrogen-bond donors (Lipinski definition) is 3. The van der Waals surface area contributed by atoms with E-state index in [2.05, 4.69) is 22.1 Å². The Morgan fingerprint density at radius 2 is 1.92 bits per heavy atom. The predicted octanol–water partition coefficient (Wildman–Crippen LogP) is 4.34. The van der Waals surface area contributed by atoms with Gasteiger partial charge in [-0.3, -0.25) is 10.5 Å². The highest BCUT2D eigenvalue weighted by molar-refractivity contribution is 6.14. The molecule has 0 atom stereocenters. The Labute approximate surface area is 152 Å². The van der Waals surface area contributed by atoms with Crippen molar-refractivity contribution < 1.29 is 4.39 Å². The number of aromatic nitrogens is 3. The molecule has 0 unspecified atom stereocenters. The maximum absolute atomic E-state index is 13.1. The van der Waals surface area contributed by atoms with Gasteiger partial charge in [-0.05, 0) is 48.9 Å². The maximum Gasteiger partial charge on any atom is 0.181 e. The summed E-state index contributed by atoms with van der Waals surface area (Å²) in [7, 11) is 0. The topological polar surface area (TPSA) is 91.4 Å². The van der Waals surface area contributed by atoms with Crippen LogP contribution in [0.5, 0.6) is 0 Å². The quantitative estimate of drug-likeness (QED) is 0.336. The van der Waals surface area contributed by atoms with Crippen molar-refractivity contribution in [1.29, 1.82) is 5.41 Å². The Morgan fingerprint density at radius 3 is 2.65 bits per heavy atom. The van der Waals surface area contributed by atoms with Gasteiger partial charge in [-0.25, -0.2) is 9.37 Å². The zero-order valence-electron chi connectivity index (χ0n) is 14.7. The van der Waals surface area contributed by atoms with Crippen molar-refractivity contribution in [3.8, 4) is 11.4 Å². The van der Waals surface area contributed by atoms with E-state index in [9.17, 15) is 4.39 Å². The summed E-state index contributed by atoms with van der Waals surface area (Å²) in [5, 5.41) is 15.7. The van der Waals surface area contributed by atoms with Crippen molar-refractivity contribution >= 4 is 11.4 Å². The molecule has 0 aliphatic heterocycles. The molecule has 1 heterocycles. The van der Waals surface area contributed by atoms with Crippen LogP contribution < -0.4 is 5.73 Å². The van der Waals surface area contributed by atoms with Crippen molar-refractivity contribution in [2.45, 2.75) is 32.6 Å². The molecule has 0 bridgehead atoms. The second-order valence-electron chi connectivity index (χ2n) is 6.25. The van der Waals surface area contributed by atoms with Crippen LogP contribution in [-0.2, 0) is 6.42 Å². The molecule has 0 amide bonds. The smallest absolute Gasteiger partial charge is 0.181 e. The molecule has 26 heavy (non-hydrogen) atoms. The lowest BCUT2D eigenvalue weighted by Crippen LogP contribution is -2.06. The molecule has 0 radical (unpaired) electrons. The fourth-order valence-corrected chi connectivity index (χ4v) is 2.76. The first-order chi connectivity index (χ1) is 12.6. The Morgan fingerprint density at radius 1 is 1.15 bits per heavy atom. The first-order valence-corrected chi connectivity index (χ1v) is 8.74. The summed E-state index contributed by atoms with van der Waals surface area (Å²) >= 11 is 0. The SMILES string of the molecule is CCCCCc1nc(-c2ccc(N)c(C(=N)c3ccc(F)cc3)c2)n[nH]1. The minimum Gasteiger partial charge on any atom is -0.398 e. The van der Waals surface area contributed by atoms with Gasteiger partial charge in [0.25, 0.3) is 0 Å². The largest absolute Gasteiger partial charge is 0.398 e. The average Bonchev–Trinajstić information content (AvgIpc) is 3.11. The van der Waals surface area contributed by atoms with Crippen LogP contribution in [0.1, 0.15) is 43.1 Å². The predicted molar refractivity (Wildman–Crippen MR) is 102 cm³/mol. The summed E-state index contributed by atoms with van der Waals surface area (Å²) in [6.45, 7) is 2.16. The fourth-order valence-electron chi connectivity index (χ4n) is 2.76. The molecule has 6 heteroatoms. The van der Waals surface area contributed by atoms with Gasteiger partial charge in [0, 0.05) is 28.8 Å². The van der Waals surface area contributed by atoms with Crippen molar-refractivity contribution in [3.63, 3.8) is 0 Å². The van der Waals surface area contributed by atoms with Crippen LogP contribution in [0.3, 0.4) is 0 Å². The van der Waals surface area contributed by atoms with Crippen LogP contribution in [0, 0.1) is 11.2 Å². The van der Waals surface area contributed by atoms with Crippen LogP contribution in [0.2, 0.25) is 0 Å². The third kappa shape index (κ3) is 3.96. The number of unbranched alkanes of at least 4 members (excludes halogenated alkanes) is 2.